The summed E-state index contributed by atoms with van der Waals surface area (Å²) in [6, 6.07) is 0.0846. The van der Waals surface area contributed by atoms with Gasteiger partial charge in [0.15, 0.2) is 12.3 Å². The van der Waals surface area contributed by atoms with E-state index in [2.05, 4.69) is 21.4 Å². The van der Waals surface area contributed by atoms with E-state index in [0.29, 0.717) is 5.57 Å². The summed E-state index contributed by atoms with van der Waals surface area (Å²) in [5.41, 5.74) is 0.398. The zero-order valence-corrected chi connectivity index (χ0v) is 20.4. The van der Waals surface area contributed by atoms with Gasteiger partial charge in [0.2, 0.25) is 0 Å². The van der Waals surface area contributed by atoms with Gasteiger partial charge in [-0.15, -0.1) is 0 Å². The predicted molar refractivity (Wildman–Crippen MR) is 121 cm³/mol. The van der Waals surface area contributed by atoms with Crippen LogP contribution in [0.2, 0.25) is 0 Å². The van der Waals surface area contributed by atoms with Crippen molar-refractivity contribution in [2.24, 2.45) is 4.99 Å². The topological polar surface area (TPSA) is 170 Å². The highest BCUT2D eigenvalue weighted by atomic mass is 31.2. The van der Waals surface area contributed by atoms with Gasteiger partial charge in [0.1, 0.15) is 18.4 Å². The minimum Gasteiger partial charge on any atom is -0.392 e. The Labute approximate surface area is 193 Å². The van der Waals surface area contributed by atoms with Crippen molar-refractivity contribution in [2.75, 3.05) is 6.61 Å². The van der Waals surface area contributed by atoms with Crippen molar-refractivity contribution >= 4 is 26.0 Å². The highest BCUT2D eigenvalue weighted by Crippen LogP contribution is 2.37. The number of carbonyl (C=O) groups excluding carboxylic acids is 1. The molecule has 0 spiro atoms. The summed E-state index contributed by atoms with van der Waals surface area (Å²) in [7, 11) is -4.76. The number of ether oxygens (including phenoxy) is 2. The van der Waals surface area contributed by atoms with Crippen molar-refractivity contribution in [3.63, 3.8) is 0 Å². The molecule has 0 aliphatic carbocycles. The second kappa shape index (κ2) is 13.1. The number of rotatable bonds is 10. The highest BCUT2D eigenvalue weighted by molar-refractivity contribution is 7.46. The van der Waals surface area contributed by atoms with E-state index in [9.17, 15) is 19.6 Å². The average Bonchev–Trinajstić information content (AvgIpc) is 2.93. The number of allylic oxidation sites excluding steroid dienone is 1. The van der Waals surface area contributed by atoms with Crippen LogP contribution < -0.4 is 5.32 Å². The number of aliphatic imine (C=N–C) groups is 1. The number of hydrogen-bond acceptors (Lipinski definition) is 8. The first-order chi connectivity index (χ1) is 15.2. The van der Waals surface area contributed by atoms with Gasteiger partial charge in [-0.25, -0.2) is 9.56 Å². The lowest BCUT2D eigenvalue weighted by Crippen LogP contribution is -2.37. The summed E-state index contributed by atoms with van der Waals surface area (Å²) in [6.07, 6.45) is -0.592. The first-order valence-electron chi connectivity index (χ1n) is 10.4. The maximum Gasteiger partial charge on any atom is 0.469 e. The Morgan fingerprint density at radius 3 is 2.42 bits per heavy atom. The first-order valence-corrected chi connectivity index (χ1v) is 12.0. The van der Waals surface area contributed by atoms with Gasteiger partial charge < -0.3 is 34.8 Å². The number of hydrogen-bond donors (Lipinski definition) is 5. The maximum absolute atomic E-state index is 12.3. The van der Waals surface area contributed by atoms with Gasteiger partial charge in [0, 0.05) is 25.1 Å². The molecule has 1 rings (SSSR count). The van der Waals surface area contributed by atoms with Gasteiger partial charge in [0.05, 0.1) is 13.0 Å². The average molecular weight is 492 g/mol. The number of aliphatic hydroxyl groups is 2. The molecule has 1 saturated heterocycles. The van der Waals surface area contributed by atoms with Crippen LogP contribution in [0, 0.1) is 0 Å². The molecule has 0 aromatic rings. The van der Waals surface area contributed by atoms with E-state index in [4.69, 9.17) is 19.3 Å². The van der Waals surface area contributed by atoms with Gasteiger partial charge in [-0.05, 0) is 33.3 Å². The minimum atomic E-state index is -4.76. The molecule has 0 bridgehead atoms. The molecule has 1 aliphatic heterocycles. The van der Waals surface area contributed by atoms with Crippen LogP contribution in [0.15, 0.2) is 29.4 Å². The van der Waals surface area contributed by atoms with E-state index in [1.54, 1.807) is 13.1 Å². The number of amidine groups is 1. The van der Waals surface area contributed by atoms with Gasteiger partial charge >= 0.3 is 13.8 Å². The van der Waals surface area contributed by atoms with Crippen LogP contribution in [0.25, 0.3) is 0 Å². The fourth-order valence-corrected chi connectivity index (χ4v) is 3.10. The van der Waals surface area contributed by atoms with E-state index >= 15 is 0 Å². The fraction of sp³-hybridized carbons (Fsp3) is 0.650. The van der Waals surface area contributed by atoms with Crippen LogP contribution in [0.3, 0.4) is 0 Å². The molecular formula is C20H35N3O9P+. The molecule has 0 saturated carbocycles. The zero-order chi connectivity index (χ0) is 25.3. The predicted octanol–water partition coefficient (Wildman–Crippen LogP) is 0.411. The van der Waals surface area contributed by atoms with Gasteiger partial charge in [-0.2, -0.15) is 4.58 Å². The number of nitrogens with one attached hydrogen (secondary N) is 1. The Balaban J connectivity index is 2.74. The number of nitrogens with zero attached hydrogens (tertiary/aromatic N) is 2. The second-order valence-electron chi connectivity index (χ2n) is 7.99. The summed E-state index contributed by atoms with van der Waals surface area (Å²) in [4.78, 5) is 34.1. The van der Waals surface area contributed by atoms with Crippen LogP contribution in [0.5, 0.6) is 0 Å². The fourth-order valence-electron chi connectivity index (χ4n) is 2.76. The van der Waals surface area contributed by atoms with Crippen molar-refractivity contribution in [3.05, 3.63) is 24.4 Å². The zero-order valence-electron chi connectivity index (χ0n) is 19.5. The Morgan fingerprint density at radius 1 is 1.27 bits per heavy atom. The molecule has 5 N–H and O–H groups in total. The third-order valence-corrected chi connectivity index (χ3v) is 4.67. The second-order valence-corrected chi connectivity index (χ2v) is 9.23. The molecule has 1 fully saturated rings. The molecule has 12 nitrogen and oxygen atoms in total. The number of carbonyl (C=O) groups is 1. The van der Waals surface area contributed by atoms with E-state index in [-0.39, 0.29) is 24.5 Å². The maximum atomic E-state index is 12.3. The lowest BCUT2D eigenvalue weighted by molar-refractivity contribution is -0.559. The number of phosphoric acid groups is 1. The van der Waals surface area contributed by atoms with Crippen molar-refractivity contribution < 1.29 is 47.9 Å². The van der Waals surface area contributed by atoms with Gasteiger partial charge in [0.25, 0.3) is 12.2 Å². The molecule has 188 valence electrons. The summed E-state index contributed by atoms with van der Waals surface area (Å²) >= 11 is 0. The Bertz CT molecular complexity index is 820. The molecule has 33 heavy (non-hydrogen) atoms. The first kappa shape index (κ1) is 29.1. The van der Waals surface area contributed by atoms with Crippen molar-refractivity contribution in [1.82, 2.24) is 5.32 Å². The lowest BCUT2D eigenvalue weighted by Gasteiger charge is -2.14. The normalized spacial score (nSPS) is 24.7. The molecule has 1 heterocycles. The van der Waals surface area contributed by atoms with Crippen molar-refractivity contribution in [3.8, 4) is 0 Å². The monoisotopic (exact) mass is 492 g/mol. The summed E-state index contributed by atoms with van der Waals surface area (Å²) in [6.45, 7) is 12.3. The van der Waals surface area contributed by atoms with Gasteiger partial charge in [-0.1, -0.05) is 6.58 Å². The summed E-state index contributed by atoms with van der Waals surface area (Å²) in [5, 5.41) is 23.3. The molecular weight excluding hydrogens is 457 g/mol. The molecule has 0 aromatic carbocycles. The van der Waals surface area contributed by atoms with Crippen LogP contribution >= 0.6 is 7.82 Å². The van der Waals surface area contributed by atoms with E-state index in [1.165, 1.54) is 16.9 Å². The van der Waals surface area contributed by atoms with E-state index < -0.39 is 44.9 Å². The SMILES string of the molecule is C=C(/C=C\[N+](=C/C)[C@@H]1O[C@H](COP(=O)(O)O)[C@@H](O)[C@H]1O)CC(=O)O/C(=N/C(C)C)NC(C)C. The Morgan fingerprint density at radius 2 is 1.91 bits per heavy atom. The van der Waals surface area contributed by atoms with Crippen LogP contribution in [0.4, 0.5) is 0 Å². The lowest BCUT2D eigenvalue weighted by atomic mass is 10.1. The molecule has 1 aliphatic rings. The quantitative estimate of drug-likeness (QED) is 0.0719. The van der Waals surface area contributed by atoms with Crippen LogP contribution in [-0.4, -0.2) is 86.0 Å². The number of aliphatic hydroxyl groups excluding tert-OH is 2. The van der Waals surface area contributed by atoms with Gasteiger partial charge in [-0.3, -0.25) is 9.32 Å². The Hall–Kier alpha value is -1.92. The van der Waals surface area contributed by atoms with Crippen LogP contribution in [0.1, 0.15) is 41.0 Å². The van der Waals surface area contributed by atoms with E-state index in [0.717, 1.165) is 0 Å². The van der Waals surface area contributed by atoms with E-state index in [1.807, 2.05) is 27.7 Å². The van der Waals surface area contributed by atoms with Crippen LogP contribution in [-0.2, 0) is 23.4 Å². The molecule has 0 amide bonds. The summed E-state index contributed by atoms with van der Waals surface area (Å²) < 4.78 is 27.4. The largest absolute Gasteiger partial charge is 0.469 e. The highest BCUT2D eigenvalue weighted by Gasteiger charge is 2.49. The third kappa shape index (κ3) is 10.7. The van der Waals surface area contributed by atoms with Crippen molar-refractivity contribution in [2.45, 2.75) is 77.7 Å². The molecule has 13 heteroatoms. The van der Waals surface area contributed by atoms with Crippen molar-refractivity contribution in [1.29, 1.82) is 0 Å². The molecule has 0 aromatic heterocycles. The molecule has 4 atom stereocenters. The minimum absolute atomic E-state index is 0.0242. The molecule has 0 radical (unpaired) electrons. The standard InChI is InChI=1S/C20H34N3O9P/c1-7-23(19-18(26)17(25)15(31-19)11-30-33(27,28)29)9-8-14(6)10-16(24)32-20(21-12(2)3)22-13(4)5/h7-9,12-13,15,17-19,25-26H,6,10-11H2,1-5H3,(H2-,21,22,27,28,29)/p+1/b9-8-,23-7+/t15-,17-,18-,19-/m1/s1. The third-order valence-electron chi connectivity index (χ3n) is 4.19. The molecule has 0 unspecified atom stereocenters. The summed E-state index contributed by atoms with van der Waals surface area (Å²) in [5.74, 6) is -0.563. The number of esters is 1. The Kier molecular flexibility index (Phi) is 11.5. The number of phosphoric ester groups is 1. The smallest absolute Gasteiger partial charge is 0.392 e.